The lowest BCUT2D eigenvalue weighted by Gasteiger charge is -2.35. The van der Waals surface area contributed by atoms with Crippen LogP contribution in [0, 0.1) is 0 Å². The zero-order chi connectivity index (χ0) is 14.1. The van der Waals surface area contributed by atoms with Gasteiger partial charge in [-0.2, -0.15) is 0 Å². The van der Waals surface area contributed by atoms with Crippen LogP contribution in [0.5, 0.6) is 0 Å². The van der Waals surface area contributed by atoms with Crippen LogP contribution >= 0.6 is 0 Å². The molecule has 2 amide bonds. The molecule has 5 heteroatoms. The van der Waals surface area contributed by atoms with Gasteiger partial charge in [0.1, 0.15) is 6.54 Å². The molecular formula is C15H19N3O2. The highest BCUT2D eigenvalue weighted by Crippen LogP contribution is 2.22. The molecule has 0 radical (unpaired) electrons. The molecule has 1 atom stereocenters. The lowest BCUT2D eigenvalue weighted by Crippen LogP contribution is -2.54. The molecule has 106 valence electrons. The van der Waals surface area contributed by atoms with Gasteiger partial charge in [-0.25, -0.2) is 0 Å². The Bertz CT molecular complexity index is 544. The van der Waals surface area contributed by atoms with E-state index in [0.717, 1.165) is 30.8 Å². The number of rotatable bonds is 2. The quantitative estimate of drug-likeness (QED) is 0.852. The van der Waals surface area contributed by atoms with Crippen molar-refractivity contribution in [1.82, 2.24) is 15.1 Å². The molecule has 0 aliphatic carbocycles. The second-order valence-electron chi connectivity index (χ2n) is 5.46. The average molecular weight is 273 g/mol. The molecule has 1 aromatic rings. The van der Waals surface area contributed by atoms with Crippen molar-refractivity contribution in [2.45, 2.75) is 19.5 Å². The maximum absolute atomic E-state index is 12.4. The summed E-state index contributed by atoms with van der Waals surface area (Å²) in [7, 11) is 0. The van der Waals surface area contributed by atoms with Gasteiger partial charge in [-0.05, 0) is 18.6 Å². The van der Waals surface area contributed by atoms with Crippen LogP contribution in [0.1, 0.15) is 22.8 Å². The summed E-state index contributed by atoms with van der Waals surface area (Å²) in [5.41, 5.74) is 1.74. The Hall–Kier alpha value is -1.88. The van der Waals surface area contributed by atoms with Gasteiger partial charge in [0.25, 0.3) is 5.91 Å². The van der Waals surface area contributed by atoms with E-state index in [-0.39, 0.29) is 24.4 Å². The van der Waals surface area contributed by atoms with Crippen molar-refractivity contribution in [3.05, 3.63) is 35.4 Å². The van der Waals surface area contributed by atoms with Crippen molar-refractivity contribution in [1.29, 1.82) is 0 Å². The fourth-order valence-corrected chi connectivity index (χ4v) is 2.91. The fraction of sp³-hybridized carbons (Fsp3) is 0.467. The van der Waals surface area contributed by atoms with Crippen LogP contribution in [-0.2, 0) is 11.3 Å². The van der Waals surface area contributed by atoms with E-state index in [1.54, 1.807) is 4.90 Å². The normalized spacial score (nSPS) is 22.1. The molecule has 3 rings (SSSR count). The Kier molecular flexibility index (Phi) is 3.44. The molecule has 0 saturated carbocycles. The van der Waals surface area contributed by atoms with Gasteiger partial charge in [0.2, 0.25) is 5.91 Å². The predicted molar refractivity (Wildman–Crippen MR) is 75.2 cm³/mol. The smallest absolute Gasteiger partial charge is 0.254 e. The zero-order valence-electron chi connectivity index (χ0n) is 11.6. The van der Waals surface area contributed by atoms with Gasteiger partial charge >= 0.3 is 0 Å². The Morgan fingerprint density at radius 1 is 1.40 bits per heavy atom. The van der Waals surface area contributed by atoms with Gasteiger partial charge in [0.15, 0.2) is 0 Å². The van der Waals surface area contributed by atoms with E-state index in [0.29, 0.717) is 6.54 Å². The minimum Gasteiger partial charge on any atom is -0.336 e. The molecule has 0 aromatic heterocycles. The first-order valence-electron chi connectivity index (χ1n) is 7.04. The first kappa shape index (κ1) is 13.1. The summed E-state index contributed by atoms with van der Waals surface area (Å²) in [5, 5.41) is 3.26. The summed E-state index contributed by atoms with van der Waals surface area (Å²) in [6, 6.07) is 7.76. The Labute approximate surface area is 118 Å². The summed E-state index contributed by atoms with van der Waals surface area (Å²) >= 11 is 0. The molecule has 2 aliphatic rings. The molecule has 1 aromatic carbocycles. The Morgan fingerprint density at radius 2 is 2.20 bits per heavy atom. The van der Waals surface area contributed by atoms with E-state index < -0.39 is 0 Å². The van der Waals surface area contributed by atoms with Crippen LogP contribution in [0.25, 0.3) is 0 Å². The largest absolute Gasteiger partial charge is 0.336 e. The van der Waals surface area contributed by atoms with Crippen LogP contribution in [0.4, 0.5) is 0 Å². The van der Waals surface area contributed by atoms with Crippen molar-refractivity contribution in [3.8, 4) is 0 Å². The van der Waals surface area contributed by atoms with Gasteiger partial charge in [-0.1, -0.05) is 18.2 Å². The van der Waals surface area contributed by atoms with E-state index in [1.807, 2.05) is 36.1 Å². The monoisotopic (exact) mass is 273 g/mol. The van der Waals surface area contributed by atoms with Crippen LogP contribution < -0.4 is 5.32 Å². The molecule has 5 nitrogen and oxygen atoms in total. The van der Waals surface area contributed by atoms with Gasteiger partial charge < -0.3 is 15.1 Å². The third-order valence-corrected chi connectivity index (χ3v) is 4.04. The van der Waals surface area contributed by atoms with Crippen molar-refractivity contribution in [2.75, 3.05) is 26.2 Å². The first-order valence-corrected chi connectivity index (χ1v) is 7.04. The molecule has 1 N–H and O–H groups in total. The van der Waals surface area contributed by atoms with Gasteiger partial charge in [0, 0.05) is 37.8 Å². The maximum atomic E-state index is 12.4. The number of carbonyl (C=O) groups excluding carboxylic acids is 2. The molecule has 1 fully saturated rings. The number of fused-ring (bicyclic) bond motifs is 1. The third kappa shape index (κ3) is 2.29. The summed E-state index contributed by atoms with van der Waals surface area (Å²) in [4.78, 5) is 28.1. The van der Waals surface area contributed by atoms with E-state index in [1.165, 1.54) is 0 Å². The topological polar surface area (TPSA) is 52.7 Å². The molecule has 20 heavy (non-hydrogen) atoms. The second-order valence-corrected chi connectivity index (χ2v) is 5.46. The van der Waals surface area contributed by atoms with Crippen LogP contribution in [0.2, 0.25) is 0 Å². The lowest BCUT2D eigenvalue weighted by atomic mass is 10.1. The highest BCUT2D eigenvalue weighted by atomic mass is 16.2. The standard InChI is InChI=1S/C15H19N3O2/c1-11-8-16-6-7-18(11)14(19)10-17-9-12-4-2-3-5-13(12)15(17)20/h2-5,11,16H,6-10H2,1H3/t11-/m0/s1. The highest BCUT2D eigenvalue weighted by molar-refractivity contribution is 6.00. The minimum atomic E-state index is -0.0308. The van der Waals surface area contributed by atoms with Crippen molar-refractivity contribution in [2.24, 2.45) is 0 Å². The van der Waals surface area contributed by atoms with Crippen molar-refractivity contribution < 1.29 is 9.59 Å². The van der Waals surface area contributed by atoms with Crippen molar-refractivity contribution in [3.63, 3.8) is 0 Å². The van der Waals surface area contributed by atoms with Crippen LogP contribution in [0.15, 0.2) is 24.3 Å². The molecule has 2 heterocycles. The number of carbonyl (C=O) groups is 2. The SMILES string of the molecule is C[C@H]1CNCCN1C(=O)CN1Cc2ccccc2C1=O. The number of benzene rings is 1. The maximum Gasteiger partial charge on any atom is 0.254 e. The predicted octanol–water partition coefficient (Wildman–Crippen LogP) is 0.463. The Balaban J connectivity index is 1.68. The summed E-state index contributed by atoms with van der Waals surface area (Å²) < 4.78 is 0. The molecule has 2 aliphatic heterocycles. The average Bonchev–Trinajstić information content (AvgIpc) is 2.76. The molecule has 0 spiro atoms. The first-order chi connectivity index (χ1) is 9.66. The van der Waals surface area contributed by atoms with Crippen LogP contribution in [0.3, 0.4) is 0 Å². The van der Waals surface area contributed by atoms with E-state index >= 15 is 0 Å². The number of nitrogens with one attached hydrogen (secondary N) is 1. The second kappa shape index (κ2) is 5.25. The number of hydrogen-bond acceptors (Lipinski definition) is 3. The summed E-state index contributed by atoms with van der Waals surface area (Å²) in [6.45, 7) is 5.11. The number of hydrogen-bond donors (Lipinski definition) is 1. The molecular weight excluding hydrogens is 254 g/mol. The van der Waals surface area contributed by atoms with Gasteiger partial charge in [0.05, 0.1) is 0 Å². The van der Waals surface area contributed by atoms with E-state index in [4.69, 9.17) is 0 Å². The summed E-state index contributed by atoms with van der Waals surface area (Å²) in [5.74, 6) is 0.0110. The third-order valence-electron chi connectivity index (χ3n) is 4.04. The molecule has 0 unspecified atom stereocenters. The lowest BCUT2D eigenvalue weighted by molar-refractivity contribution is -0.134. The van der Waals surface area contributed by atoms with Crippen molar-refractivity contribution >= 4 is 11.8 Å². The zero-order valence-corrected chi connectivity index (χ0v) is 11.6. The highest BCUT2D eigenvalue weighted by Gasteiger charge is 2.31. The Morgan fingerprint density at radius 3 is 2.95 bits per heavy atom. The summed E-state index contributed by atoms with van der Waals surface area (Å²) in [6.07, 6.45) is 0. The van der Waals surface area contributed by atoms with E-state index in [9.17, 15) is 9.59 Å². The molecule has 1 saturated heterocycles. The number of piperazine rings is 1. The fourth-order valence-electron chi connectivity index (χ4n) is 2.91. The molecule has 0 bridgehead atoms. The van der Waals surface area contributed by atoms with Crippen LogP contribution in [-0.4, -0.2) is 53.8 Å². The number of amides is 2. The number of nitrogens with zero attached hydrogens (tertiary/aromatic N) is 2. The van der Waals surface area contributed by atoms with Gasteiger partial charge in [-0.3, -0.25) is 9.59 Å². The van der Waals surface area contributed by atoms with E-state index in [2.05, 4.69) is 5.32 Å². The van der Waals surface area contributed by atoms with Gasteiger partial charge in [-0.15, -0.1) is 0 Å². The minimum absolute atomic E-state index is 0.0308.